The van der Waals surface area contributed by atoms with Gasteiger partial charge in [-0.05, 0) is 42.0 Å². The Morgan fingerprint density at radius 3 is 2.72 bits per heavy atom. The highest BCUT2D eigenvalue weighted by molar-refractivity contribution is 5.64. The van der Waals surface area contributed by atoms with Crippen LogP contribution in [0.2, 0.25) is 0 Å². The van der Waals surface area contributed by atoms with Crippen LogP contribution in [0, 0.1) is 5.92 Å². The molecule has 1 aromatic carbocycles. The quantitative estimate of drug-likeness (QED) is 0.765. The Hall–Kier alpha value is -2.02. The van der Waals surface area contributed by atoms with E-state index in [1.165, 1.54) is 11.1 Å². The Kier molecular flexibility index (Phi) is 3.14. The Morgan fingerprint density at radius 1 is 1.06 bits per heavy atom. The van der Waals surface area contributed by atoms with E-state index in [4.69, 9.17) is 4.42 Å². The van der Waals surface area contributed by atoms with E-state index in [2.05, 4.69) is 48.6 Å². The molecule has 1 unspecified atom stereocenters. The van der Waals surface area contributed by atoms with Gasteiger partial charge in [-0.3, -0.25) is 0 Å². The van der Waals surface area contributed by atoms with Crippen molar-refractivity contribution in [3.8, 4) is 0 Å². The average molecular weight is 236 g/mol. The third-order valence-electron chi connectivity index (χ3n) is 3.34. The van der Waals surface area contributed by atoms with Crippen molar-refractivity contribution < 1.29 is 4.42 Å². The van der Waals surface area contributed by atoms with Crippen molar-refractivity contribution >= 4 is 5.57 Å². The van der Waals surface area contributed by atoms with E-state index in [1.807, 2.05) is 12.1 Å². The summed E-state index contributed by atoms with van der Waals surface area (Å²) in [5.41, 5.74) is 2.69. The van der Waals surface area contributed by atoms with Crippen LogP contribution in [0.3, 0.4) is 0 Å². The van der Waals surface area contributed by atoms with Gasteiger partial charge in [0.1, 0.15) is 5.76 Å². The second-order valence-electron chi connectivity index (χ2n) is 4.71. The standard InChI is InChI=1S/C17H16O/c1-2-6-14(7-3-1)12-15-8-4-9-16(13-15)17-10-5-11-18-17/h1-11,15H,12-13H2. The fraction of sp³-hybridized carbons (Fsp3) is 0.176. The van der Waals surface area contributed by atoms with Crippen molar-refractivity contribution in [2.45, 2.75) is 12.8 Å². The van der Waals surface area contributed by atoms with Crippen LogP contribution in [0.5, 0.6) is 0 Å². The molecule has 1 aliphatic rings. The highest BCUT2D eigenvalue weighted by Gasteiger charge is 2.14. The highest BCUT2D eigenvalue weighted by Crippen LogP contribution is 2.29. The molecule has 1 nitrogen and oxygen atoms in total. The molecule has 0 aliphatic heterocycles. The summed E-state index contributed by atoms with van der Waals surface area (Å²) in [6.45, 7) is 0. The minimum absolute atomic E-state index is 0.567. The number of rotatable bonds is 3. The maximum Gasteiger partial charge on any atom is 0.129 e. The predicted octanol–water partition coefficient (Wildman–Crippen LogP) is 4.48. The van der Waals surface area contributed by atoms with Crippen molar-refractivity contribution in [3.63, 3.8) is 0 Å². The summed E-state index contributed by atoms with van der Waals surface area (Å²) in [6.07, 6.45) is 10.5. The summed E-state index contributed by atoms with van der Waals surface area (Å²) in [4.78, 5) is 0. The summed E-state index contributed by atoms with van der Waals surface area (Å²) < 4.78 is 5.47. The maximum absolute atomic E-state index is 5.47. The van der Waals surface area contributed by atoms with Crippen molar-refractivity contribution in [1.29, 1.82) is 0 Å². The zero-order valence-corrected chi connectivity index (χ0v) is 10.3. The van der Waals surface area contributed by atoms with E-state index in [0.717, 1.165) is 18.6 Å². The van der Waals surface area contributed by atoms with E-state index in [-0.39, 0.29) is 0 Å². The lowest BCUT2D eigenvalue weighted by Crippen LogP contribution is -2.05. The largest absolute Gasteiger partial charge is 0.465 e. The van der Waals surface area contributed by atoms with Gasteiger partial charge in [0.2, 0.25) is 0 Å². The predicted molar refractivity (Wildman–Crippen MR) is 74.1 cm³/mol. The molecule has 2 aromatic rings. The SMILES string of the molecule is C1=CC(Cc2ccccc2)CC(c2ccco2)=C1. The smallest absolute Gasteiger partial charge is 0.129 e. The zero-order chi connectivity index (χ0) is 12.2. The van der Waals surface area contributed by atoms with Crippen LogP contribution in [-0.4, -0.2) is 0 Å². The molecule has 1 aromatic heterocycles. The molecule has 3 rings (SSSR count). The molecule has 0 amide bonds. The minimum Gasteiger partial charge on any atom is -0.465 e. The van der Waals surface area contributed by atoms with E-state index >= 15 is 0 Å². The van der Waals surface area contributed by atoms with Gasteiger partial charge in [0.15, 0.2) is 0 Å². The van der Waals surface area contributed by atoms with Crippen LogP contribution in [-0.2, 0) is 6.42 Å². The Bertz CT molecular complexity index is 547. The first-order chi connectivity index (χ1) is 8.92. The summed E-state index contributed by atoms with van der Waals surface area (Å²) in [5, 5.41) is 0. The van der Waals surface area contributed by atoms with Gasteiger partial charge in [-0.25, -0.2) is 0 Å². The minimum atomic E-state index is 0.567. The molecule has 0 N–H and O–H groups in total. The second-order valence-corrected chi connectivity index (χ2v) is 4.71. The first kappa shape index (κ1) is 11.1. The van der Waals surface area contributed by atoms with Gasteiger partial charge >= 0.3 is 0 Å². The fourth-order valence-corrected chi connectivity index (χ4v) is 2.45. The summed E-state index contributed by atoms with van der Waals surface area (Å²) in [5.74, 6) is 1.56. The molecule has 0 saturated heterocycles. The van der Waals surface area contributed by atoms with Crippen molar-refractivity contribution in [3.05, 3.63) is 78.3 Å². The molecule has 0 spiro atoms. The van der Waals surface area contributed by atoms with E-state index < -0.39 is 0 Å². The molecular formula is C17H16O. The van der Waals surface area contributed by atoms with Crippen LogP contribution in [0.25, 0.3) is 5.57 Å². The lowest BCUT2D eigenvalue weighted by Gasteiger charge is -2.17. The Labute approximate surface area is 107 Å². The number of furan rings is 1. The highest BCUT2D eigenvalue weighted by atomic mass is 16.3. The summed E-state index contributed by atoms with van der Waals surface area (Å²) >= 11 is 0. The topological polar surface area (TPSA) is 13.1 Å². The zero-order valence-electron chi connectivity index (χ0n) is 10.3. The molecule has 0 saturated carbocycles. The van der Waals surface area contributed by atoms with Crippen LogP contribution in [0.15, 0.2) is 71.4 Å². The second kappa shape index (κ2) is 5.09. The fourth-order valence-electron chi connectivity index (χ4n) is 2.45. The molecule has 1 heterocycles. The van der Waals surface area contributed by atoms with E-state index in [0.29, 0.717) is 5.92 Å². The van der Waals surface area contributed by atoms with E-state index in [1.54, 1.807) is 6.26 Å². The molecule has 90 valence electrons. The lowest BCUT2D eigenvalue weighted by molar-refractivity contribution is 0.542. The Morgan fingerprint density at radius 2 is 1.94 bits per heavy atom. The van der Waals surface area contributed by atoms with Gasteiger partial charge in [-0.1, -0.05) is 48.6 Å². The number of hydrogen-bond donors (Lipinski definition) is 0. The van der Waals surface area contributed by atoms with Gasteiger partial charge < -0.3 is 4.42 Å². The van der Waals surface area contributed by atoms with Crippen molar-refractivity contribution in [2.24, 2.45) is 5.92 Å². The van der Waals surface area contributed by atoms with Crippen LogP contribution in [0.4, 0.5) is 0 Å². The van der Waals surface area contributed by atoms with Gasteiger partial charge in [0, 0.05) is 0 Å². The Balaban J connectivity index is 1.71. The maximum atomic E-state index is 5.47. The number of benzene rings is 1. The normalized spacial score (nSPS) is 18.7. The molecular weight excluding hydrogens is 220 g/mol. The first-order valence-electron chi connectivity index (χ1n) is 6.37. The molecule has 0 radical (unpaired) electrons. The monoisotopic (exact) mass is 236 g/mol. The average Bonchev–Trinajstić information content (AvgIpc) is 2.94. The van der Waals surface area contributed by atoms with Crippen LogP contribution < -0.4 is 0 Å². The molecule has 1 atom stereocenters. The van der Waals surface area contributed by atoms with Crippen LogP contribution >= 0.6 is 0 Å². The van der Waals surface area contributed by atoms with E-state index in [9.17, 15) is 0 Å². The van der Waals surface area contributed by atoms with Crippen LogP contribution in [0.1, 0.15) is 17.7 Å². The van der Waals surface area contributed by atoms with Crippen molar-refractivity contribution in [2.75, 3.05) is 0 Å². The summed E-state index contributed by atoms with van der Waals surface area (Å²) in [6, 6.07) is 14.6. The summed E-state index contributed by atoms with van der Waals surface area (Å²) in [7, 11) is 0. The van der Waals surface area contributed by atoms with Crippen molar-refractivity contribution in [1.82, 2.24) is 0 Å². The molecule has 1 heteroatoms. The van der Waals surface area contributed by atoms with Gasteiger partial charge in [0.05, 0.1) is 6.26 Å². The third kappa shape index (κ3) is 2.45. The lowest BCUT2D eigenvalue weighted by atomic mass is 9.88. The van der Waals surface area contributed by atoms with Gasteiger partial charge in [0.25, 0.3) is 0 Å². The molecule has 0 bridgehead atoms. The molecule has 0 fully saturated rings. The molecule has 18 heavy (non-hydrogen) atoms. The number of allylic oxidation sites excluding steroid dienone is 4. The molecule has 1 aliphatic carbocycles. The van der Waals surface area contributed by atoms with Gasteiger partial charge in [-0.15, -0.1) is 0 Å². The first-order valence-corrected chi connectivity index (χ1v) is 6.37. The number of hydrogen-bond acceptors (Lipinski definition) is 1. The third-order valence-corrected chi connectivity index (χ3v) is 3.34. The van der Waals surface area contributed by atoms with Gasteiger partial charge in [-0.2, -0.15) is 0 Å².